The van der Waals surface area contributed by atoms with Gasteiger partial charge in [-0.3, -0.25) is 0 Å². The molecule has 0 aliphatic heterocycles. The van der Waals surface area contributed by atoms with Crippen LogP contribution in [0.25, 0.3) is 11.3 Å². The first-order valence-electron chi connectivity index (χ1n) is 9.37. The van der Waals surface area contributed by atoms with Gasteiger partial charge in [0.1, 0.15) is 17.2 Å². The van der Waals surface area contributed by atoms with Crippen molar-refractivity contribution >= 4 is 17.9 Å². The minimum absolute atomic E-state index is 0.593. The SMILES string of the molecule is COc1cccc(-c2cnc(NCc3ccc(OC)cc3OC)n2C)c1.O=C(O)C(=O)O. The second-order valence-electron chi connectivity index (χ2n) is 6.40. The molecular weight excluding hydrogens is 418 g/mol. The number of anilines is 1. The van der Waals surface area contributed by atoms with Crippen LogP contribution in [0.4, 0.5) is 5.95 Å². The van der Waals surface area contributed by atoms with Gasteiger partial charge in [0.2, 0.25) is 5.95 Å². The number of aliphatic carboxylic acids is 2. The summed E-state index contributed by atoms with van der Waals surface area (Å²) in [6, 6.07) is 13.7. The maximum absolute atomic E-state index is 9.10. The molecule has 3 rings (SSSR count). The third-order valence-electron chi connectivity index (χ3n) is 4.47. The number of ether oxygens (including phenoxy) is 3. The van der Waals surface area contributed by atoms with Crippen LogP contribution in [0, 0.1) is 0 Å². The van der Waals surface area contributed by atoms with Gasteiger partial charge in [-0.1, -0.05) is 12.1 Å². The summed E-state index contributed by atoms with van der Waals surface area (Å²) in [5.41, 5.74) is 3.08. The summed E-state index contributed by atoms with van der Waals surface area (Å²) in [6.07, 6.45) is 1.85. The van der Waals surface area contributed by atoms with Gasteiger partial charge >= 0.3 is 11.9 Å². The van der Waals surface area contributed by atoms with Crippen molar-refractivity contribution in [3.8, 4) is 28.5 Å². The number of hydrogen-bond acceptors (Lipinski definition) is 7. The lowest BCUT2D eigenvalue weighted by Gasteiger charge is -2.12. The summed E-state index contributed by atoms with van der Waals surface area (Å²) >= 11 is 0. The highest BCUT2D eigenvalue weighted by molar-refractivity contribution is 6.27. The second-order valence-corrected chi connectivity index (χ2v) is 6.40. The van der Waals surface area contributed by atoms with E-state index in [1.54, 1.807) is 21.3 Å². The average Bonchev–Trinajstić information content (AvgIpc) is 3.18. The molecule has 0 unspecified atom stereocenters. The number of nitrogens with one attached hydrogen (secondary N) is 1. The number of carboxylic acids is 2. The van der Waals surface area contributed by atoms with Gasteiger partial charge in [-0.05, 0) is 24.3 Å². The van der Waals surface area contributed by atoms with E-state index in [2.05, 4.69) is 10.3 Å². The molecule has 0 saturated heterocycles. The summed E-state index contributed by atoms with van der Waals surface area (Å²) < 4.78 is 18.0. The Bertz CT molecular complexity index is 1070. The fourth-order valence-corrected chi connectivity index (χ4v) is 2.80. The summed E-state index contributed by atoms with van der Waals surface area (Å²) in [7, 11) is 6.94. The lowest BCUT2D eigenvalue weighted by molar-refractivity contribution is -0.159. The van der Waals surface area contributed by atoms with Gasteiger partial charge < -0.3 is 34.3 Å². The van der Waals surface area contributed by atoms with E-state index in [9.17, 15) is 0 Å². The maximum Gasteiger partial charge on any atom is 0.414 e. The Labute approximate surface area is 185 Å². The van der Waals surface area contributed by atoms with E-state index in [-0.39, 0.29) is 0 Å². The standard InChI is InChI=1S/C20H23N3O3.C2H2O4/c1-23-18(14-6-5-7-16(10-14)24-2)13-22-20(23)21-12-15-8-9-17(25-3)11-19(15)26-4;3-1(4)2(5)6/h5-11,13H,12H2,1-4H3,(H,21,22);(H,3,4)(H,5,6). The van der Waals surface area contributed by atoms with E-state index in [4.69, 9.17) is 34.0 Å². The fourth-order valence-electron chi connectivity index (χ4n) is 2.80. The Morgan fingerprint density at radius 1 is 0.969 bits per heavy atom. The number of imidazole rings is 1. The van der Waals surface area contributed by atoms with Gasteiger partial charge in [0, 0.05) is 30.8 Å². The number of methoxy groups -OCH3 is 3. The van der Waals surface area contributed by atoms with E-state index >= 15 is 0 Å². The Balaban J connectivity index is 0.000000534. The lowest BCUT2D eigenvalue weighted by Crippen LogP contribution is -2.09. The molecule has 1 heterocycles. The van der Waals surface area contributed by atoms with Crippen molar-refractivity contribution < 1.29 is 34.0 Å². The molecule has 2 aromatic carbocycles. The summed E-state index contributed by atoms with van der Waals surface area (Å²) in [6.45, 7) is 0.593. The molecule has 10 heteroatoms. The van der Waals surface area contributed by atoms with Crippen LogP contribution in [0.15, 0.2) is 48.7 Å². The first kappa shape index (κ1) is 24.1. The van der Waals surface area contributed by atoms with Crippen molar-refractivity contribution in [3.63, 3.8) is 0 Å². The zero-order chi connectivity index (χ0) is 23.7. The Morgan fingerprint density at radius 2 is 1.62 bits per heavy atom. The molecule has 3 aromatic rings. The molecule has 0 amide bonds. The van der Waals surface area contributed by atoms with E-state index in [1.165, 1.54) is 0 Å². The summed E-state index contributed by atoms with van der Waals surface area (Å²) in [4.78, 5) is 22.7. The highest BCUT2D eigenvalue weighted by atomic mass is 16.5. The molecule has 1 aromatic heterocycles. The third kappa shape index (κ3) is 6.14. The first-order chi connectivity index (χ1) is 15.3. The zero-order valence-corrected chi connectivity index (χ0v) is 18.2. The number of carbonyl (C=O) groups is 2. The first-order valence-corrected chi connectivity index (χ1v) is 9.37. The minimum Gasteiger partial charge on any atom is -0.497 e. The van der Waals surface area contributed by atoms with Crippen LogP contribution in [0.5, 0.6) is 17.2 Å². The van der Waals surface area contributed by atoms with Crippen molar-refractivity contribution in [2.45, 2.75) is 6.54 Å². The molecule has 0 saturated carbocycles. The number of nitrogens with zero attached hydrogens (tertiary/aromatic N) is 2. The maximum atomic E-state index is 9.10. The van der Waals surface area contributed by atoms with E-state index in [1.807, 2.05) is 60.3 Å². The van der Waals surface area contributed by atoms with Gasteiger partial charge in [0.25, 0.3) is 0 Å². The zero-order valence-electron chi connectivity index (χ0n) is 18.2. The fraction of sp³-hybridized carbons (Fsp3) is 0.227. The van der Waals surface area contributed by atoms with Crippen LogP contribution < -0.4 is 19.5 Å². The number of hydrogen-bond donors (Lipinski definition) is 3. The molecule has 3 N–H and O–H groups in total. The predicted molar refractivity (Wildman–Crippen MR) is 117 cm³/mol. The summed E-state index contributed by atoms with van der Waals surface area (Å²) in [5, 5.41) is 18.1. The molecule has 0 spiro atoms. The largest absolute Gasteiger partial charge is 0.497 e. The average molecular weight is 443 g/mol. The lowest BCUT2D eigenvalue weighted by atomic mass is 10.1. The number of benzene rings is 2. The van der Waals surface area contributed by atoms with Crippen molar-refractivity contribution in [1.82, 2.24) is 9.55 Å². The third-order valence-corrected chi connectivity index (χ3v) is 4.47. The van der Waals surface area contributed by atoms with Gasteiger partial charge in [-0.25, -0.2) is 14.6 Å². The summed E-state index contributed by atoms with van der Waals surface area (Å²) in [5.74, 6) is -0.506. The quantitative estimate of drug-likeness (QED) is 0.472. The normalized spacial score (nSPS) is 9.88. The molecule has 0 radical (unpaired) electrons. The highest BCUT2D eigenvalue weighted by Crippen LogP contribution is 2.27. The van der Waals surface area contributed by atoms with Crippen LogP contribution in [0.2, 0.25) is 0 Å². The predicted octanol–water partition coefficient (Wildman–Crippen LogP) is 2.88. The molecule has 10 nitrogen and oxygen atoms in total. The Morgan fingerprint density at radius 3 is 2.22 bits per heavy atom. The Kier molecular flexibility index (Phi) is 8.46. The Hall–Kier alpha value is -4.21. The van der Waals surface area contributed by atoms with Crippen LogP contribution in [-0.2, 0) is 23.2 Å². The van der Waals surface area contributed by atoms with Crippen LogP contribution >= 0.6 is 0 Å². The van der Waals surface area contributed by atoms with E-state index in [0.717, 1.165) is 40.0 Å². The topological polar surface area (TPSA) is 132 Å². The van der Waals surface area contributed by atoms with Gasteiger partial charge in [0.15, 0.2) is 0 Å². The van der Waals surface area contributed by atoms with Crippen molar-refractivity contribution in [2.24, 2.45) is 7.05 Å². The van der Waals surface area contributed by atoms with Gasteiger partial charge in [0.05, 0.1) is 33.2 Å². The molecule has 170 valence electrons. The second kappa shape index (κ2) is 11.3. The smallest absolute Gasteiger partial charge is 0.414 e. The van der Waals surface area contributed by atoms with Crippen LogP contribution in [0.1, 0.15) is 5.56 Å². The minimum atomic E-state index is -1.82. The molecule has 0 bridgehead atoms. The number of carboxylic acid groups (broad SMARTS) is 2. The molecule has 0 atom stereocenters. The van der Waals surface area contributed by atoms with Gasteiger partial charge in [-0.15, -0.1) is 0 Å². The van der Waals surface area contributed by atoms with Crippen LogP contribution in [-0.4, -0.2) is 53.0 Å². The number of rotatable bonds is 7. The molecule has 0 aliphatic carbocycles. The molecule has 32 heavy (non-hydrogen) atoms. The van der Waals surface area contributed by atoms with Gasteiger partial charge in [-0.2, -0.15) is 0 Å². The highest BCUT2D eigenvalue weighted by Gasteiger charge is 2.11. The van der Waals surface area contributed by atoms with E-state index < -0.39 is 11.9 Å². The molecule has 0 aliphatic rings. The van der Waals surface area contributed by atoms with Crippen LogP contribution in [0.3, 0.4) is 0 Å². The van der Waals surface area contributed by atoms with Crippen molar-refractivity contribution in [3.05, 3.63) is 54.2 Å². The molecular formula is C22H25N3O7. The number of aromatic nitrogens is 2. The van der Waals surface area contributed by atoms with Crippen molar-refractivity contribution in [2.75, 3.05) is 26.6 Å². The van der Waals surface area contributed by atoms with Crippen molar-refractivity contribution in [1.29, 1.82) is 0 Å². The van der Waals surface area contributed by atoms with E-state index in [0.29, 0.717) is 6.54 Å². The molecule has 0 fully saturated rings. The monoisotopic (exact) mass is 443 g/mol.